The molecule has 4 aromatic heterocycles. The predicted octanol–water partition coefficient (Wildman–Crippen LogP) is 2.59. The molecule has 6 aromatic rings. The van der Waals surface area contributed by atoms with Gasteiger partial charge in [-0.1, -0.05) is 36.1 Å². The minimum atomic E-state index is -0.714. The summed E-state index contributed by atoms with van der Waals surface area (Å²) < 4.78 is 2.90. The van der Waals surface area contributed by atoms with Gasteiger partial charge in [0.15, 0.2) is 11.5 Å². The molecule has 0 aliphatic heterocycles. The summed E-state index contributed by atoms with van der Waals surface area (Å²) in [7, 11) is 0. The predicted molar refractivity (Wildman–Crippen MR) is 154 cm³/mol. The second-order valence-electron chi connectivity index (χ2n) is 9.18. The maximum atomic E-state index is 14.1. The molecule has 11 heteroatoms. The van der Waals surface area contributed by atoms with Crippen molar-refractivity contribution in [3.63, 3.8) is 0 Å². The molecule has 41 heavy (non-hydrogen) atoms. The summed E-state index contributed by atoms with van der Waals surface area (Å²) in [5.74, 6) is 5.87. The minimum absolute atomic E-state index is 0.0334. The SMILES string of the molecule is C[C@H](NC(=O)c1c(N)nn2cccnc12)c1nc2cccc(C#Cc3ccc(=O)[nH]c3)c2c(=O)n1-c1ccccc1. The minimum Gasteiger partial charge on any atom is -0.381 e. The summed E-state index contributed by atoms with van der Waals surface area (Å²) in [4.78, 5) is 50.5. The van der Waals surface area contributed by atoms with E-state index in [9.17, 15) is 14.4 Å². The van der Waals surface area contributed by atoms with Gasteiger partial charge < -0.3 is 16.0 Å². The number of anilines is 1. The first-order valence-corrected chi connectivity index (χ1v) is 12.6. The highest BCUT2D eigenvalue weighted by Crippen LogP contribution is 2.22. The molecule has 0 spiro atoms. The summed E-state index contributed by atoms with van der Waals surface area (Å²) in [6, 6.07) is 18.2. The zero-order valence-electron chi connectivity index (χ0n) is 21.7. The van der Waals surface area contributed by atoms with E-state index in [1.807, 2.05) is 18.2 Å². The summed E-state index contributed by atoms with van der Waals surface area (Å²) in [5.41, 5.74) is 7.97. The highest BCUT2D eigenvalue weighted by Gasteiger charge is 2.24. The number of benzene rings is 2. The van der Waals surface area contributed by atoms with Crippen LogP contribution < -0.4 is 22.2 Å². The Hall–Kier alpha value is -6.02. The van der Waals surface area contributed by atoms with Crippen molar-refractivity contribution in [2.75, 3.05) is 5.73 Å². The van der Waals surface area contributed by atoms with Crippen molar-refractivity contribution in [3.8, 4) is 17.5 Å². The number of nitrogens with zero attached hydrogens (tertiary/aromatic N) is 5. The van der Waals surface area contributed by atoms with Crippen molar-refractivity contribution in [2.45, 2.75) is 13.0 Å². The third-order valence-electron chi connectivity index (χ3n) is 6.45. The molecule has 11 nitrogen and oxygen atoms in total. The zero-order chi connectivity index (χ0) is 28.5. The van der Waals surface area contributed by atoms with Gasteiger partial charge in [-0.3, -0.25) is 19.0 Å². The van der Waals surface area contributed by atoms with E-state index in [-0.39, 0.29) is 22.5 Å². The number of fused-ring (bicyclic) bond motifs is 2. The Morgan fingerprint density at radius 3 is 2.63 bits per heavy atom. The average Bonchev–Trinajstić information content (AvgIpc) is 3.32. The average molecular weight is 543 g/mol. The molecule has 1 atom stereocenters. The fourth-order valence-corrected chi connectivity index (χ4v) is 4.55. The third kappa shape index (κ3) is 4.70. The molecular formula is C30H22N8O3. The van der Waals surface area contributed by atoms with Gasteiger partial charge >= 0.3 is 0 Å². The van der Waals surface area contributed by atoms with E-state index in [2.05, 4.69) is 32.2 Å². The molecule has 0 radical (unpaired) electrons. The van der Waals surface area contributed by atoms with Crippen molar-refractivity contribution < 1.29 is 4.79 Å². The lowest BCUT2D eigenvalue weighted by Gasteiger charge is -2.20. The Morgan fingerprint density at radius 2 is 1.85 bits per heavy atom. The van der Waals surface area contributed by atoms with E-state index in [1.54, 1.807) is 61.8 Å². The molecule has 0 unspecified atom stereocenters. The number of nitrogens with one attached hydrogen (secondary N) is 2. The first-order chi connectivity index (χ1) is 19.9. The summed E-state index contributed by atoms with van der Waals surface area (Å²) >= 11 is 0. The number of amides is 1. The molecule has 0 bridgehead atoms. The molecule has 0 saturated carbocycles. The van der Waals surface area contributed by atoms with Gasteiger partial charge in [-0.05, 0) is 43.3 Å². The zero-order valence-corrected chi connectivity index (χ0v) is 21.7. The quantitative estimate of drug-likeness (QED) is 0.290. The molecule has 2 aromatic carbocycles. The van der Waals surface area contributed by atoms with Crippen LogP contribution >= 0.6 is 0 Å². The molecule has 200 valence electrons. The Kier molecular flexibility index (Phi) is 6.33. The van der Waals surface area contributed by atoms with E-state index in [0.717, 1.165) is 0 Å². The van der Waals surface area contributed by atoms with E-state index in [1.165, 1.54) is 21.3 Å². The van der Waals surface area contributed by atoms with Gasteiger partial charge in [0, 0.05) is 35.8 Å². The van der Waals surface area contributed by atoms with Crippen LogP contribution in [0.3, 0.4) is 0 Å². The van der Waals surface area contributed by atoms with E-state index in [4.69, 9.17) is 10.7 Å². The van der Waals surface area contributed by atoms with Crippen LogP contribution in [0.25, 0.3) is 22.2 Å². The number of rotatable bonds is 4. The van der Waals surface area contributed by atoms with Crippen LogP contribution in [0.5, 0.6) is 0 Å². The van der Waals surface area contributed by atoms with Crippen LogP contribution in [0.15, 0.2) is 94.9 Å². The second-order valence-corrected chi connectivity index (χ2v) is 9.18. The number of H-pyrrole nitrogens is 1. The van der Waals surface area contributed by atoms with E-state index >= 15 is 0 Å². The van der Waals surface area contributed by atoms with Gasteiger partial charge in [0.25, 0.3) is 11.5 Å². The first kappa shape index (κ1) is 25.3. The third-order valence-corrected chi connectivity index (χ3v) is 6.45. The molecule has 0 aliphatic rings. The Balaban J connectivity index is 1.47. The largest absolute Gasteiger partial charge is 0.381 e. The van der Waals surface area contributed by atoms with Crippen molar-refractivity contribution >= 4 is 28.3 Å². The lowest BCUT2D eigenvalue weighted by molar-refractivity contribution is 0.0940. The summed E-state index contributed by atoms with van der Waals surface area (Å²) in [6.45, 7) is 1.74. The number of hydrogen-bond acceptors (Lipinski definition) is 7. The Morgan fingerprint density at radius 1 is 1.02 bits per heavy atom. The number of nitrogens with two attached hydrogens (primary N) is 1. The number of aromatic amines is 1. The fourth-order valence-electron chi connectivity index (χ4n) is 4.55. The van der Waals surface area contributed by atoms with Gasteiger partial charge in [-0.15, -0.1) is 5.10 Å². The van der Waals surface area contributed by atoms with Crippen LogP contribution in [0.2, 0.25) is 0 Å². The molecule has 0 saturated heterocycles. The van der Waals surface area contributed by atoms with Crippen molar-refractivity contribution in [1.82, 2.24) is 34.4 Å². The highest BCUT2D eigenvalue weighted by molar-refractivity contribution is 6.04. The lowest BCUT2D eigenvalue weighted by atomic mass is 10.1. The molecule has 1 amide bonds. The second kappa shape index (κ2) is 10.3. The highest BCUT2D eigenvalue weighted by atomic mass is 16.2. The first-order valence-electron chi connectivity index (χ1n) is 12.6. The summed E-state index contributed by atoms with van der Waals surface area (Å²) in [6.07, 6.45) is 4.70. The monoisotopic (exact) mass is 542 g/mol. The van der Waals surface area contributed by atoms with Crippen LogP contribution in [-0.4, -0.2) is 35.0 Å². The van der Waals surface area contributed by atoms with Crippen molar-refractivity contribution in [1.29, 1.82) is 0 Å². The number of carbonyl (C=O) groups excluding carboxylic acids is 1. The number of carbonyl (C=O) groups is 1. The topological polar surface area (TPSA) is 153 Å². The number of nitrogen functional groups attached to an aromatic ring is 1. The van der Waals surface area contributed by atoms with E-state index in [0.29, 0.717) is 39.2 Å². The van der Waals surface area contributed by atoms with Gasteiger partial charge in [-0.2, -0.15) is 0 Å². The lowest BCUT2D eigenvalue weighted by Crippen LogP contribution is -2.33. The number of para-hydroxylation sites is 1. The van der Waals surface area contributed by atoms with Crippen molar-refractivity contribution in [3.05, 3.63) is 129 Å². The summed E-state index contributed by atoms with van der Waals surface area (Å²) in [5, 5.41) is 7.39. The van der Waals surface area contributed by atoms with Gasteiger partial charge in [-0.25, -0.2) is 14.5 Å². The number of pyridine rings is 1. The molecule has 0 aliphatic carbocycles. The van der Waals surface area contributed by atoms with Crippen molar-refractivity contribution in [2.24, 2.45) is 0 Å². The van der Waals surface area contributed by atoms with E-state index < -0.39 is 11.9 Å². The standard InChI is InChI=1S/C30H22N8O3/c1-18(34-29(40)25-26(31)36-37-16-6-15-32-28(25)37)27-35-22-10-5-7-20(13-11-19-12-14-23(39)33-17-19)24(22)30(41)38(27)21-8-3-2-4-9-21/h2-10,12,14-18H,1H3,(H2,31,36)(H,33,39)(H,34,40)/t18-/m0/s1. The van der Waals surface area contributed by atoms with Crippen LogP contribution in [0.4, 0.5) is 5.82 Å². The van der Waals surface area contributed by atoms with Gasteiger partial charge in [0.1, 0.15) is 11.4 Å². The maximum absolute atomic E-state index is 14.1. The Labute approximate surface area is 232 Å². The van der Waals surface area contributed by atoms with Gasteiger partial charge in [0.05, 0.1) is 22.6 Å². The molecule has 4 N–H and O–H groups in total. The molecule has 4 heterocycles. The molecular weight excluding hydrogens is 520 g/mol. The number of aromatic nitrogens is 6. The smallest absolute Gasteiger partial charge is 0.267 e. The Bertz CT molecular complexity index is 2110. The molecule has 6 rings (SSSR count). The van der Waals surface area contributed by atoms with Crippen LogP contribution in [-0.2, 0) is 0 Å². The van der Waals surface area contributed by atoms with Crippen LogP contribution in [0.1, 0.15) is 40.3 Å². The fraction of sp³-hybridized carbons (Fsp3) is 0.0667. The number of hydrogen-bond donors (Lipinski definition) is 3. The van der Waals surface area contributed by atoms with Crippen LogP contribution in [0, 0.1) is 11.8 Å². The normalized spacial score (nSPS) is 11.6. The molecule has 0 fully saturated rings. The maximum Gasteiger partial charge on any atom is 0.267 e. The van der Waals surface area contributed by atoms with Gasteiger partial charge in [0.2, 0.25) is 5.56 Å².